The molecule has 0 aliphatic heterocycles. The Hall–Kier alpha value is -3.15. The molecule has 0 bridgehead atoms. The maximum absolute atomic E-state index is 12.0. The third kappa shape index (κ3) is 2.95. The number of hydrogen-bond donors (Lipinski definition) is 2. The van der Waals surface area contributed by atoms with Crippen molar-refractivity contribution in [2.75, 3.05) is 5.32 Å². The summed E-state index contributed by atoms with van der Waals surface area (Å²) < 4.78 is 0. The van der Waals surface area contributed by atoms with Crippen LogP contribution < -0.4 is 5.32 Å². The Morgan fingerprint density at radius 1 is 1.14 bits per heavy atom. The highest BCUT2D eigenvalue weighted by Crippen LogP contribution is 2.17. The van der Waals surface area contributed by atoms with Crippen LogP contribution in [0.3, 0.4) is 0 Å². The van der Waals surface area contributed by atoms with Crippen LogP contribution in [0.15, 0.2) is 54.7 Å². The van der Waals surface area contributed by atoms with Crippen molar-refractivity contribution < 1.29 is 9.72 Å². The molecule has 3 aromatic rings. The molecular formula is C16H13N3O3. The van der Waals surface area contributed by atoms with E-state index in [1.807, 2.05) is 30.5 Å². The molecule has 22 heavy (non-hydrogen) atoms. The van der Waals surface area contributed by atoms with Gasteiger partial charge in [0.2, 0.25) is 5.91 Å². The first-order valence-corrected chi connectivity index (χ1v) is 6.72. The highest BCUT2D eigenvalue weighted by Gasteiger charge is 2.08. The molecule has 0 atom stereocenters. The lowest BCUT2D eigenvalue weighted by Gasteiger charge is -2.05. The van der Waals surface area contributed by atoms with Gasteiger partial charge in [-0.3, -0.25) is 14.9 Å². The summed E-state index contributed by atoms with van der Waals surface area (Å²) in [5, 5.41) is 14.4. The van der Waals surface area contributed by atoms with Gasteiger partial charge in [-0.1, -0.05) is 6.07 Å². The smallest absolute Gasteiger partial charge is 0.269 e. The van der Waals surface area contributed by atoms with Crippen LogP contribution in [0.4, 0.5) is 11.4 Å². The highest BCUT2D eigenvalue weighted by molar-refractivity contribution is 5.93. The topological polar surface area (TPSA) is 88.0 Å². The predicted octanol–water partition coefficient (Wildman–Crippen LogP) is 3.26. The number of anilines is 1. The van der Waals surface area contributed by atoms with Crippen molar-refractivity contribution in [1.82, 2.24) is 4.98 Å². The fourth-order valence-electron chi connectivity index (χ4n) is 2.27. The Labute approximate surface area is 125 Å². The minimum Gasteiger partial charge on any atom is -0.361 e. The van der Waals surface area contributed by atoms with Crippen molar-refractivity contribution in [3.05, 3.63) is 70.4 Å². The summed E-state index contributed by atoms with van der Waals surface area (Å²) in [5.74, 6) is -0.163. The first kappa shape index (κ1) is 13.8. The highest BCUT2D eigenvalue weighted by atomic mass is 16.6. The van der Waals surface area contributed by atoms with Gasteiger partial charge >= 0.3 is 0 Å². The summed E-state index contributed by atoms with van der Waals surface area (Å²) in [5.41, 5.74) is 2.47. The number of hydrogen-bond acceptors (Lipinski definition) is 3. The summed E-state index contributed by atoms with van der Waals surface area (Å²) in [6, 6.07) is 13.5. The van der Waals surface area contributed by atoms with Crippen LogP contribution in [0.2, 0.25) is 0 Å². The summed E-state index contributed by atoms with van der Waals surface area (Å²) in [6.45, 7) is 0. The summed E-state index contributed by atoms with van der Waals surface area (Å²) in [6.07, 6.45) is 2.10. The summed E-state index contributed by atoms with van der Waals surface area (Å²) in [7, 11) is 0. The molecule has 0 fully saturated rings. The average molecular weight is 295 g/mol. The van der Waals surface area contributed by atoms with Crippen LogP contribution in [-0.2, 0) is 11.2 Å². The molecule has 1 aromatic heterocycles. The predicted molar refractivity (Wildman–Crippen MR) is 83.7 cm³/mol. The number of H-pyrrole nitrogens is 1. The molecule has 3 rings (SSSR count). The number of benzene rings is 2. The molecular weight excluding hydrogens is 282 g/mol. The van der Waals surface area contributed by atoms with E-state index in [-0.39, 0.29) is 18.0 Å². The van der Waals surface area contributed by atoms with Crippen molar-refractivity contribution >= 4 is 28.2 Å². The molecule has 6 heteroatoms. The number of nitrogens with one attached hydrogen (secondary N) is 2. The van der Waals surface area contributed by atoms with Crippen LogP contribution in [-0.4, -0.2) is 15.8 Å². The van der Waals surface area contributed by atoms with Crippen LogP contribution in [0.5, 0.6) is 0 Å². The molecule has 0 radical (unpaired) electrons. The SMILES string of the molecule is O=C(Cc1ccc2[nH]ccc2c1)Nc1ccc([N+](=O)[O-])cc1. The molecule has 0 unspecified atom stereocenters. The fourth-order valence-corrected chi connectivity index (χ4v) is 2.27. The van der Waals surface area contributed by atoms with Gasteiger partial charge < -0.3 is 10.3 Å². The third-order valence-electron chi connectivity index (χ3n) is 3.34. The Balaban J connectivity index is 1.67. The molecule has 2 N–H and O–H groups in total. The van der Waals surface area contributed by atoms with Gasteiger partial charge in [-0.25, -0.2) is 0 Å². The number of carbonyl (C=O) groups excluding carboxylic acids is 1. The van der Waals surface area contributed by atoms with Gasteiger partial charge in [-0.05, 0) is 41.3 Å². The molecule has 110 valence electrons. The number of rotatable bonds is 4. The number of non-ortho nitro benzene ring substituents is 1. The van der Waals surface area contributed by atoms with E-state index in [0.717, 1.165) is 16.5 Å². The van der Waals surface area contributed by atoms with E-state index < -0.39 is 4.92 Å². The second kappa shape index (κ2) is 5.69. The van der Waals surface area contributed by atoms with Crippen molar-refractivity contribution in [3.63, 3.8) is 0 Å². The minimum absolute atomic E-state index is 0.00379. The van der Waals surface area contributed by atoms with E-state index in [2.05, 4.69) is 10.3 Å². The van der Waals surface area contributed by atoms with Crippen LogP contribution >= 0.6 is 0 Å². The molecule has 6 nitrogen and oxygen atoms in total. The zero-order chi connectivity index (χ0) is 15.5. The van der Waals surface area contributed by atoms with Crippen molar-refractivity contribution in [1.29, 1.82) is 0 Å². The van der Waals surface area contributed by atoms with Gasteiger partial charge in [-0.15, -0.1) is 0 Å². The number of fused-ring (bicyclic) bond motifs is 1. The van der Waals surface area contributed by atoms with Crippen LogP contribution in [0, 0.1) is 10.1 Å². The number of aromatic nitrogens is 1. The van der Waals surface area contributed by atoms with E-state index in [9.17, 15) is 14.9 Å². The first-order chi connectivity index (χ1) is 10.6. The summed E-state index contributed by atoms with van der Waals surface area (Å²) >= 11 is 0. The van der Waals surface area contributed by atoms with Gasteiger partial charge in [0.05, 0.1) is 11.3 Å². The quantitative estimate of drug-likeness (QED) is 0.572. The molecule has 0 saturated carbocycles. The van der Waals surface area contributed by atoms with Crippen LogP contribution in [0.25, 0.3) is 10.9 Å². The molecule has 1 heterocycles. The van der Waals surface area contributed by atoms with Crippen molar-refractivity contribution in [3.8, 4) is 0 Å². The number of aromatic amines is 1. The number of nitro groups is 1. The average Bonchev–Trinajstić information content (AvgIpc) is 2.95. The number of nitrogens with zero attached hydrogens (tertiary/aromatic N) is 1. The van der Waals surface area contributed by atoms with Crippen molar-refractivity contribution in [2.24, 2.45) is 0 Å². The molecule has 0 aliphatic carbocycles. The van der Waals surface area contributed by atoms with Gasteiger partial charge in [-0.2, -0.15) is 0 Å². The Morgan fingerprint density at radius 2 is 1.91 bits per heavy atom. The van der Waals surface area contributed by atoms with Gasteiger partial charge in [0.1, 0.15) is 0 Å². The zero-order valence-electron chi connectivity index (χ0n) is 11.6. The molecule has 0 spiro atoms. The van der Waals surface area contributed by atoms with E-state index in [0.29, 0.717) is 5.69 Å². The summed E-state index contributed by atoms with van der Waals surface area (Å²) in [4.78, 5) is 25.2. The normalized spacial score (nSPS) is 10.5. The van der Waals surface area contributed by atoms with E-state index >= 15 is 0 Å². The molecule has 0 aliphatic rings. The maximum atomic E-state index is 12.0. The fraction of sp³-hybridized carbons (Fsp3) is 0.0625. The van der Waals surface area contributed by atoms with E-state index in [1.165, 1.54) is 24.3 Å². The number of carbonyl (C=O) groups is 1. The lowest BCUT2D eigenvalue weighted by Crippen LogP contribution is -2.14. The zero-order valence-corrected chi connectivity index (χ0v) is 11.6. The molecule has 1 amide bonds. The Morgan fingerprint density at radius 3 is 2.64 bits per heavy atom. The van der Waals surface area contributed by atoms with Crippen molar-refractivity contribution in [2.45, 2.75) is 6.42 Å². The van der Waals surface area contributed by atoms with Gasteiger partial charge in [0.25, 0.3) is 5.69 Å². The number of nitro benzene ring substituents is 1. The lowest BCUT2D eigenvalue weighted by atomic mass is 10.1. The van der Waals surface area contributed by atoms with E-state index in [4.69, 9.17) is 0 Å². The first-order valence-electron chi connectivity index (χ1n) is 6.72. The standard InChI is InChI=1S/C16H13N3O3/c20-16(18-13-2-4-14(5-3-13)19(21)22)10-11-1-6-15-12(9-11)7-8-17-15/h1-9,17H,10H2,(H,18,20). The molecule has 0 saturated heterocycles. The molecule has 2 aromatic carbocycles. The number of amides is 1. The maximum Gasteiger partial charge on any atom is 0.269 e. The van der Waals surface area contributed by atoms with E-state index in [1.54, 1.807) is 0 Å². The van der Waals surface area contributed by atoms with Gasteiger partial charge in [0.15, 0.2) is 0 Å². The second-order valence-corrected chi connectivity index (χ2v) is 4.93. The monoisotopic (exact) mass is 295 g/mol. The Kier molecular flexibility index (Phi) is 3.57. The van der Waals surface area contributed by atoms with Gasteiger partial charge in [0, 0.05) is 29.5 Å². The second-order valence-electron chi connectivity index (χ2n) is 4.93. The van der Waals surface area contributed by atoms with Crippen LogP contribution in [0.1, 0.15) is 5.56 Å². The lowest BCUT2D eigenvalue weighted by molar-refractivity contribution is -0.384. The largest absolute Gasteiger partial charge is 0.361 e. The minimum atomic E-state index is -0.475. The Bertz CT molecular complexity index is 837. The third-order valence-corrected chi connectivity index (χ3v) is 3.34.